The van der Waals surface area contributed by atoms with E-state index in [-0.39, 0.29) is 12.1 Å². The summed E-state index contributed by atoms with van der Waals surface area (Å²) < 4.78 is 22.1. The maximum Gasteiger partial charge on any atom is 0.0727 e. The second kappa shape index (κ2) is 13.5. The van der Waals surface area contributed by atoms with E-state index in [0.29, 0.717) is 39.6 Å². The SMILES string of the molecule is CCCCOCCOCCOCCOC1CCCCC1N. The predicted octanol–water partition coefficient (Wildman–Crippen LogP) is 2.12. The van der Waals surface area contributed by atoms with Gasteiger partial charge in [-0.1, -0.05) is 26.2 Å². The van der Waals surface area contributed by atoms with E-state index in [1.165, 1.54) is 19.3 Å². The second-order valence-corrected chi connectivity index (χ2v) is 5.55. The Bertz CT molecular complexity index is 228. The normalized spacial score (nSPS) is 22.6. The Morgan fingerprint density at radius 1 is 0.810 bits per heavy atom. The van der Waals surface area contributed by atoms with Crippen molar-refractivity contribution in [1.29, 1.82) is 0 Å². The summed E-state index contributed by atoms with van der Waals surface area (Å²) in [6, 6.07) is 0.204. The summed E-state index contributed by atoms with van der Waals surface area (Å²) in [5, 5.41) is 0. The lowest BCUT2D eigenvalue weighted by Gasteiger charge is -2.28. The molecule has 1 aliphatic carbocycles. The maximum atomic E-state index is 6.02. The lowest BCUT2D eigenvalue weighted by Crippen LogP contribution is -2.39. The molecule has 1 fully saturated rings. The Labute approximate surface area is 129 Å². The molecule has 0 aromatic rings. The lowest BCUT2D eigenvalue weighted by atomic mass is 9.93. The third-order valence-electron chi connectivity index (χ3n) is 3.70. The quantitative estimate of drug-likeness (QED) is 0.528. The molecule has 1 aliphatic rings. The van der Waals surface area contributed by atoms with Crippen LogP contribution in [0.5, 0.6) is 0 Å². The summed E-state index contributed by atoms with van der Waals surface area (Å²) >= 11 is 0. The van der Waals surface area contributed by atoms with Gasteiger partial charge in [-0.2, -0.15) is 0 Å². The first-order chi connectivity index (χ1) is 10.3. The van der Waals surface area contributed by atoms with Crippen LogP contribution in [0.2, 0.25) is 0 Å². The molecule has 2 N–H and O–H groups in total. The summed E-state index contributed by atoms with van der Waals surface area (Å²) in [5.74, 6) is 0. The van der Waals surface area contributed by atoms with E-state index in [1.807, 2.05) is 0 Å². The first-order valence-corrected chi connectivity index (χ1v) is 8.45. The molecule has 0 radical (unpaired) electrons. The first kappa shape index (κ1) is 18.8. The molecule has 0 aliphatic heterocycles. The fraction of sp³-hybridized carbons (Fsp3) is 1.00. The van der Waals surface area contributed by atoms with Gasteiger partial charge in [0.05, 0.1) is 45.7 Å². The molecule has 0 spiro atoms. The molecule has 2 unspecified atom stereocenters. The summed E-state index contributed by atoms with van der Waals surface area (Å²) in [4.78, 5) is 0. The van der Waals surface area contributed by atoms with Crippen LogP contribution < -0.4 is 5.73 Å². The Balaban J connectivity index is 1.76. The largest absolute Gasteiger partial charge is 0.379 e. The van der Waals surface area contributed by atoms with Crippen LogP contribution in [-0.4, -0.2) is 58.4 Å². The molecule has 5 nitrogen and oxygen atoms in total. The van der Waals surface area contributed by atoms with Crippen LogP contribution in [0.1, 0.15) is 45.4 Å². The van der Waals surface area contributed by atoms with Gasteiger partial charge in [0.2, 0.25) is 0 Å². The van der Waals surface area contributed by atoms with Crippen molar-refractivity contribution in [3.05, 3.63) is 0 Å². The average Bonchev–Trinajstić information content (AvgIpc) is 2.50. The highest BCUT2D eigenvalue weighted by atomic mass is 16.6. The molecule has 0 bridgehead atoms. The van der Waals surface area contributed by atoms with Crippen LogP contribution in [0.25, 0.3) is 0 Å². The minimum atomic E-state index is 0.204. The molecule has 126 valence electrons. The number of unbranched alkanes of at least 4 members (excludes halogenated alkanes) is 1. The number of ether oxygens (including phenoxy) is 4. The van der Waals surface area contributed by atoms with Crippen molar-refractivity contribution in [1.82, 2.24) is 0 Å². The number of rotatable bonds is 13. The fourth-order valence-electron chi connectivity index (χ4n) is 2.38. The topological polar surface area (TPSA) is 62.9 Å². The van der Waals surface area contributed by atoms with Crippen LogP contribution in [0, 0.1) is 0 Å². The number of hydrogen-bond donors (Lipinski definition) is 1. The highest BCUT2D eigenvalue weighted by Crippen LogP contribution is 2.19. The van der Waals surface area contributed by atoms with Gasteiger partial charge in [-0.05, 0) is 19.3 Å². The smallest absolute Gasteiger partial charge is 0.0727 e. The van der Waals surface area contributed by atoms with E-state index in [2.05, 4.69) is 6.92 Å². The third kappa shape index (κ3) is 10.2. The van der Waals surface area contributed by atoms with Crippen LogP contribution >= 0.6 is 0 Å². The van der Waals surface area contributed by atoms with Gasteiger partial charge >= 0.3 is 0 Å². The molecular formula is C16H33NO4. The molecular weight excluding hydrogens is 270 g/mol. The Morgan fingerprint density at radius 2 is 1.38 bits per heavy atom. The van der Waals surface area contributed by atoms with E-state index >= 15 is 0 Å². The van der Waals surface area contributed by atoms with Gasteiger partial charge in [0, 0.05) is 12.6 Å². The van der Waals surface area contributed by atoms with Crippen LogP contribution in [-0.2, 0) is 18.9 Å². The molecule has 1 saturated carbocycles. The molecule has 0 aromatic carbocycles. The van der Waals surface area contributed by atoms with Crippen molar-refractivity contribution < 1.29 is 18.9 Å². The van der Waals surface area contributed by atoms with Gasteiger partial charge in [0.15, 0.2) is 0 Å². The van der Waals surface area contributed by atoms with E-state index in [4.69, 9.17) is 24.7 Å². The van der Waals surface area contributed by atoms with Crippen molar-refractivity contribution in [2.24, 2.45) is 5.73 Å². The van der Waals surface area contributed by atoms with Gasteiger partial charge in [0.1, 0.15) is 0 Å². The van der Waals surface area contributed by atoms with Crippen molar-refractivity contribution in [3.8, 4) is 0 Å². The minimum absolute atomic E-state index is 0.204. The predicted molar refractivity (Wildman–Crippen MR) is 83.5 cm³/mol. The molecule has 21 heavy (non-hydrogen) atoms. The summed E-state index contributed by atoms with van der Waals surface area (Å²) in [6.07, 6.45) is 7.14. The van der Waals surface area contributed by atoms with Crippen molar-refractivity contribution in [2.75, 3.05) is 46.2 Å². The summed E-state index contributed by atoms with van der Waals surface area (Å²) in [5.41, 5.74) is 6.02. The highest BCUT2D eigenvalue weighted by Gasteiger charge is 2.21. The maximum absolute atomic E-state index is 6.02. The van der Waals surface area contributed by atoms with E-state index in [1.54, 1.807) is 0 Å². The van der Waals surface area contributed by atoms with Crippen molar-refractivity contribution in [2.45, 2.75) is 57.6 Å². The Kier molecular flexibility index (Phi) is 12.1. The third-order valence-corrected chi connectivity index (χ3v) is 3.70. The molecule has 0 heterocycles. The zero-order valence-electron chi connectivity index (χ0n) is 13.6. The van der Waals surface area contributed by atoms with Gasteiger partial charge < -0.3 is 24.7 Å². The van der Waals surface area contributed by atoms with E-state index in [0.717, 1.165) is 25.9 Å². The number of hydrogen-bond acceptors (Lipinski definition) is 5. The van der Waals surface area contributed by atoms with Gasteiger partial charge in [-0.15, -0.1) is 0 Å². The summed E-state index contributed by atoms with van der Waals surface area (Å²) in [7, 11) is 0. The van der Waals surface area contributed by atoms with Crippen LogP contribution in [0.4, 0.5) is 0 Å². The minimum Gasteiger partial charge on any atom is -0.379 e. The molecule has 1 rings (SSSR count). The van der Waals surface area contributed by atoms with Crippen molar-refractivity contribution >= 4 is 0 Å². The molecule has 5 heteroatoms. The standard InChI is InChI=1S/C16H33NO4/c1-2-3-8-18-9-10-19-11-12-20-13-14-21-16-7-5-4-6-15(16)17/h15-16H,2-14,17H2,1H3. The molecule has 0 saturated heterocycles. The number of nitrogens with two attached hydrogens (primary N) is 1. The zero-order valence-corrected chi connectivity index (χ0v) is 13.6. The first-order valence-electron chi connectivity index (χ1n) is 8.45. The average molecular weight is 303 g/mol. The molecule has 0 aromatic heterocycles. The Morgan fingerprint density at radius 3 is 2.00 bits per heavy atom. The van der Waals surface area contributed by atoms with Gasteiger partial charge in [-0.3, -0.25) is 0 Å². The monoisotopic (exact) mass is 303 g/mol. The van der Waals surface area contributed by atoms with Gasteiger partial charge in [0.25, 0.3) is 0 Å². The van der Waals surface area contributed by atoms with E-state index in [9.17, 15) is 0 Å². The fourth-order valence-corrected chi connectivity index (χ4v) is 2.38. The highest BCUT2D eigenvalue weighted by molar-refractivity contribution is 4.78. The summed E-state index contributed by atoms with van der Waals surface area (Å²) in [6.45, 7) is 6.75. The Hall–Kier alpha value is -0.200. The van der Waals surface area contributed by atoms with Crippen molar-refractivity contribution in [3.63, 3.8) is 0 Å². The van der Waals surface area contributed by atoms with Crippen LogP contribution in [0.3, 0.4) is 0 Å². The molecule has 2 atom stereocenters. The second-order valence-electron chi connectivity index (χ2n) is 5.55. The zero-order chi connectivity index (χ0) is 15.2. The van der Waals surface area contributed by atoms with E-state index < -0.39 is 0 Å². The molecule has 0 amide bonds. The van der Waals surface area contributed by atoms with Gasteiger partial charge in [-0.25, -0.2) is 0 Å². The van der Waals surface area contributed by atoms with Crippen LogP contribution in [0.15, 0.2) is 0 Å². The lowest BCUT2D eigenvalue weighted by molar-refractivity contribution is -0.0326.